The second kappa shape index (κ2) is 7.83. The van der Waals surface area contributed by atoms with Gasteiger partial charge >= 0.3 is 5.97 Å². The average molecular weight is 350 g/mol. The molecule has 0 saturated carbocycles. The third kappa shape index (κ3) is 3.59. The van der Waals surface area contributed by atoms with E-state index in [2.05, 4.69) is 0 Å². The third-order valence-corrected chi connectivity index (χ3v) is 4.30. The third-order valence-electron chi connectivity index (χ3n) is 4.30. The summed E-state index contributed by atoms with van der Waals surface area (Å²) in [7, 11) is 2.85. The molecule has 3 rings (SSSR count). The summed E-state index contributed by atoms with van der Waals surface area (Å²) in [6, 6.07) is 21.7. The van der Waals surface area contributed by atoms with Crippen LogP contribution in [0.15, 0.2) is 72.8 Å². The zero-order chi connectivity index (χ0) is 18.5. The van der Waals surface area contributed by atoms with Crippen molar-refractivity contribution in [3.8, 4) is 5.75 Å². The second-order valence-corrected chi connectivity index (χ2v) is 5.85. The molecule has 132 valence electrons. The van der Waals surface area contributed by atoms with Gasteiger partial charge in [0.25, 0.3) is 0 Å². The van der Waals surface area contributed by atoms with E-state index in [1.165, 1.54) is 26.4 Å². The fourth-order valence-electron chi connectivity index (χ4n) is 3.05. The van der Waals surface area contributed by atoms with Crippen LogP contribution < -0.4 is 4.74 Å². The van der Waals surface area contributed by atoms with Crippen LogP contribution in [0.5, 0.6) is 5.75 Å². The average Bonchev–Trinajstić information content (AvgIpc) is 2.70. The van der Waals surface area contributed by atoms with E-state index in [0.29, 0.717) is 11.3 Å². The Kier molecular flexibility index (Phi) is 5.32. The van der Waals surface area contributed by atoms with Crippen molar-refractivity contribution in [2.75, 3.05) is 14.2 Å². The Morgan fingerprint density at radius 1 is 0.846 bits per heavy atom. The molecule has 0 aliphatic carbocycles. The van der Waals surface area contributed by atoms with Crippen molar-refractivity contribution in [2.24, 2.45) is 0 Å². The standard InChI is InChI=1S/C22H19FO3/c1-25-20-13-10-17(14-19(20)22(24)26-2)21(15-6-4-3-5-7-15)16-8-11-18(23)12-9-16/h3-14,21H,1-2H3. The van der Waals surface area contributed by atoms with Crippen LogP contribution >= 0.6 is 0 Å². The summed E-state index contributed by atoms with van der Waals surface area (Å²) in [5, 5.41) is 0. The van der Waals surface area contributed by atoms with Crippen molar-refractivity contribution in [1.82, 2.24) is 0 Å². The highest BCUT2D eigenvalue weighted by Gasteiger charge is 2.21. The largest absolute Gasteiger partial charge is 0.496 e. The number of hydrogen-bond acceptors (Lipinski definition) is 3. The minimum absolute atomic E-state index is 0.147. The van der Waals surface area contributed by atoms with Crippen molar-refractivity contribution in [1.29, 1.82) is 0 Å². The predicted octanol–water partition coefficient (Wildman–Crippen LogP) is 4.80. The van der Waals surface area contributed by atoms with Gasteiger partial charge in [-0.1, -0.05) is 48.5 Å². The first-order chi connectivity index (χ1) is 12.6. The maximum absolute atomic E-state index is 13.4. The molecule has 0 heterocycles. The molecule has 4 heteroatoms. The predicted molar refractivity (Wildman–Crippen MR) is 98.1 cm³/mol. The molecule has 0 aliphatic rings. The van der Waals surface area contributed by atoms with Crippen LogP contribution in [0.2, 0.25) is 0 Å². The number of halogens is 1. The van der Waals surface area contributed by atoms with Gasteiger partial charge in [0.15, 0.2) is 0 Å². The van der Waals surface area contributed by atoms with E-state index >= 15 is 0 Å². The van der Waals surface area contributed by atoms with Crippen LogP contribution in [0.1, 0.15) is 33.0 Å². The molecular weight excluding hydrogens is 331 g/mol. The lowest BCUT2D eigenvalue weighted by atomic mass is 9.84. The van der Waals surface area contributed by atoms with Gasteiger partial charge in [0, 0.05) is 5.92 Å². The monoisotopic (exact) mass is 350 g/mol. The molecule has 0 amide bonds. The fourth-order valence-corrected chi connectivity index (χ4v) is 3.05. The normalized spacial score (nSPS) is 11.7. The smallest absolute Gasteiger partial charge is 0.341 e. The summed E-state index contributed by atoms with van der Waals surface area (Å²) in [4.78, 5) is 12.1. The van der Waals surface area contributed by atoms with E-state index in [1.807, 2.05) is 36.4 Å². The van der Waals surface area contributed by atoms with E-state index < -0.39 is 5.97 Å². The molecule has 1 unspecified atom stereocenters. The van der Waals surface area contributed by atoms with Crippen molar-refractivity contribution in [3.63, 3.8) is 0 Å². The summed E-state index contributed by atoms with van der Waals surface area (Å²) in [5.41, 5.74) is 3.22. The molecule has 3 nitrogen and oxygen atoms in total. The highest BCUT2D eigenvalue weighted by Crippen LogP contribution is 2.34. The van der Waals surface area contributed by atoms with Crippen LogP contribution in [0, 0.1) is 5.82 Å². The van der Waals surface area contributed by atoms with Crippen LogP contribution in [-0.4, -0.2) is 20.2 Å². The molecular formula is C22H19FO3. The summed E-state index contributed by atoms with van der Waals surface area (Å²) in [5.74, 6) is -0.446. The fraction of sp³-hybridized carbons (Fsp3) is 0.136. The number of hydrogen-bond donors (Lipinski definition) is 0. The molecule has 0 spiro atoms. The zero-order valence-electron chi connectivity index (χ0n) is 14.6. The Morgan fingerprint density at radius 3 is 2.08 bits per heavy atom. The number of rotatable bonds is 5. The lowest BCUT2D eigenvalue weighted by molar-refractivity contribution is 0.0597. The van der Waals surface area contributed by atoms with Gasteiger partial charge in [0.1, 0.15) is 17.1 Å². The molecule has 0 radical (unpaired) electrons. The van der Waals surface area contributed by atoms with E-state index in [4.69, 9.17) is 9.47 Å². The van der Waals surface area contributed by atoms with Gasteiger partial charge in [-0.05, 0) is 41.0 Å². The molecule has 0 saturated heterocycles. The highest BCUT2D eigenvalue weighted by atomic mass is 19.1. The highest BCUT2D eigenvalue weighted by molar-refractivity contribution is 5.92. The van der Waals surface area contributed by atoms with E-state index in [0.717, 1.165) is 16.7 Å². The molecule has 0 aromatic heterocycles. The first-order valence-corrected chi connectivity index (χ1v) is 8.20. The molecule has 0 N–H and O–H groups in total. The second-order valence-electron chi connectivity index (χ2n) is 5.85. The van der Waals surface area contributed by atoms with Crippen LogP contribution in [0.3, 0.4) is 0 Å². The Hall–Kier alpha value is -3.14. The van der Waals surface area contributed by atoms with E-state index in [1.54, 1.807) is 24.3 Å². The maximum atomic E-state index is 13.4. The van der Waals surface area contributed by atoms with Gasteiger partial charge in [0.05, 0.1) is 14.2 Å². The van der Waals surface area contributed by atoms with Gasteiger partial charge in [-0.3, -0.25) is 0 Å². The minimum Gasteiger partial charge on any atom is -0.496 e. The first kappa shape index (κ1) is 17.7. The van der Waals surface area contributed by atoms with Crippen LogP contribution in [0.25, 0.3) is 0 Å². The summed E-state index contributed by atoms with van der Waals surface area (Å²) < 4.78 is 23.5. The Morgan fingerprint density at radius 2 is 1.46 bits per heavy atom. The van der Waals surface area contributed by atoms with Gasteiger partial charge in [-0.2, -0.15) is 0 Å². The molecule has 3 aromatic carbocycles. The first-order valence-electron chi connectivity index (χ1n) is 8.20. The quantitative estimate of drug-likeness (QED) is 0.490. The minimum atomic E-state index is -0.463. The lowest BCUT2D eigenvalue weighted by Gasteiger charge is -2.20. The van der Waals surface area contributed by atoms with Crippen LogP contribution in [-0.2, 0) is 4.74 Å². The number of ether oxygens (including phenoxy) is 2. The molecule has 0 fully saturated rings. The van der Waals surface area contributed by atoms with Crippen LogP contribution in [0.4, 0.5) is 4.39 Å². The topological polar surface area (TPSA) is 35.5 Å². The molecule has 0 aliphatic heterocycles. The Labute approximate surface area is 152 Å². The summed E-state index contributed by atoms with van der Waals surface area (Å²) in [6.07, 6.45) is 0. The Balaban J connectivity index is 2.16. The molecule has 0 bridgehead atoms. The number of methoxy groups -OCH3 is 2. The zero-order valence-corrected chi connectivity index (χ0v) is 14.6. The molecule has 26 heavy (non-hydrogen) atoms. The molecule has 3 aromatic rings. The van der Waals surface area contributed by atoms with Crippen molar-refractivity contribution >= 4 is 5.97 Å². The van der Waals surface area contributed by atoms with E-state index in [9.17, 15) is 9.18 Å². The summed E-state index contributed by atoms with van der Waals surface area (Å²) in [6.45, 7) is 0. The van der Waals surface area contributed by atoms with Gasteiger partial charge in [-0.25, -0.2) is 9.18 Å². The molecule has 1 atom stereocenters. The van der Waals surface area contributed by atoms with Gasteiger partial charge < -0.3 is 9.47 Å². The SMILES string of the molecule is COC(=O)c1cc(C(c2ccccc2)c2ccc(F)cc2)ccc1OC. The van der Waals surface area contributed by atoms with Crippen molar-refractivity contribution < 1.29 is 18.7 Å². The number of carbonyl (C=O) groups excluding carboxylic acids is 1. The van der Waals surface area contributed by atoms with Gasteiger partial charge in [0.2, 0.25) is 0 Å². The van der Waals surface area contributed by atoms with E-state index in [-0.39, 0.29) is 11.7 Å². The lowest BCUT2D eigenvalue weighted by Crippen LogP contribution is -2.08. The van der Waals surface area contributed by atoms with Gasteiger partial charge in [-0.15, -0.1) is 0 Å². The Bertz CT molecular complexity index is 889. The van der Waals surface area contributed by atoms with Crippen molar-refractivity contribution in [2.45, 2.75) is 5.92 Å². The number of benzene rings is 3. The maximum Gasteiger partial charge on any atom is 0.341 e. The van der Waals surface area contributed by atoms with Crippen molar-refractivity contribution in [3.05, 3.63) is 101 Å². The number of carbonyl (C=O) groups is 1. The summed E-state index contributed by atoms with van der Waals surface area (Å²) >= 11 is 0. The number of esters is 1.